The third kappa shape index (κ3) is 3.60. The van der Waals surface area contributed by atoms with Crippen molar-refractivity contribution in [2.75, 3.05) is 13.6 Å². The zero-order chi connectivity index (χ0) is 13.0. The number of nitrogens with zero attached hydrogens (tertiary/aromatic N) is 1. The van der Waals surface area contributed by atoms with Gasteiger partial charge in [-0.2, -0.15) is 0 Å². The van der Waals surface area contributed by atoms with Crippen molar-refractivity contribution in [3.05, 3.63) is 35.4 Å². The molecule has 0 fully saturated rings. The van der Waals surface area contributed by atoms with Crippen LogP contribution in [0.15, 0.2) is 18.2 Å². The van der Waals surface area contributed by atoms with E-state index in [0.717, 1.165) is 24.6 Å². The number of benzene rings is 1. The number of Topliss-reactive ketones (excluding diaryl/α,β-unsaturated/α-hetero) is 1. The molecule has 0 aliphatic rings. The van der Waals surface area contributed by atoms with Crippen molar-refractivity contribution in [3.8, 4) is 0 Å². The highest BCUT2D eigenvalue weighted by Crippen LogP contribution is 2.12. The Morgan fingerprint density at radius 1 is 1.41 bits per heavy atom. The van der Waals surface area contributed by atoms with Crippen LogP contribution < -0.4 is 0 Å². The Hall–Kier alpha value is -1.29. The van der Waals surface area contributed by atoms with Crippen molar-refractivity contribution >= 4 is 5.78 Å². The Kier molecular flexibility index (Phi) is 4.75. The van der Waals surface area contributed by atoms with E-state index in [9.17, 15) is 13.6 Å². The Morgan fingerprint density at radius 3 is 2.65 bits per heavy atom. The van der Waals surface area contributed by atoms with Crippen molar-refractivity contribution in [2.45, 2.75) is 26.3 Å². The quantitative estimate of drug-likeness (QED) is 0.739. The lowest BCUT2D eigenvalue weighted by Crippen LogP contribution is -2.33. The van der Waals surface area contributed by atoms with Crippen LogP contribution in [0.2, 0.25) is 0 Å². The minimum atomic E-state index is -0.672. The van der Waals surface area contributed by atoms with Crippen molar-refractivity contribution < 1.29 is 13.6 Å². The van der Waals surface area contributed by atoms with Gasteiger partial charge < -0.3 is 0 Å². The molecule has 0 aromatic heterocycles. The average Bonchev–Trinajstić information content (AvgIpc) is 2.30. The Bertz CT molecular complexity index is 406. The SMILES string of the molecule is CCC(C)N(C)CC(=O)c1cc(F)ccc1F. The van der Waals surface area contributed by atoms with Crippen LogP contribution >= 0.6 is 0 Å². The second-order valence-corrected chi connectivity index (χ2v) is 4.22. The van der Waals surface area contributed by atoms with Crippen molar-refractivity contribution in [3.63, 3.8) is 0 Å². The van der Waals surface area contributed by atoms with Gasteiger partial charge in [0.15, 0.2) is 5.78 Å². The van der Waals surface area contributed by atoms with E-state index in [1.54, 1.807) is 7.05 Å². The summed E-state index contributed by atoms with van der Waals surface area (Å²) < 4.78 is 26.3. The maximum absolute atomic E-state index is 13.3. The smallest absolute Gasteiger partial charge is 0.179 e. The minimum absolute atomic E-state index is 0.0926. The van der Waals surface area contributed by atoms with Gasteiger partial charge in [0.05, 0.1) is 12.1 Å². The Morgan fingerprint density at radius 2 is 2.06 bits per heavy atom. The Labute approximate surface area is 100 Å². The minimum Gasteiger partial charge on any atom is -0.296 e. The summed E-state index contributed by atoms with van der Waals surface area (Å²) in [5.41, 5.74) is -0.180. The molecule has 0 amide bonds. The fourth-order valence-corrected chi connectivity index (χ4v) is 1.49. The van der Waals surface area contributed by atoms with E-state index in [-0.39, 0.29) is 18.2 Å². The molecule has 1 unspecified atom stereocenters. The van der Waals surface area contributed by atoms with Crippen LogP contribution in [0.5, 0.6) is 0 Å². The maximum atomic E-state index is 13.3. The zero-order valence-corrected chi connectivity index (χ0v) is 10.3. The van der Waals surface area contributed by atoms with Crippen LogP contribution in [0.25, 0.3) is 0 Å². The lowest BCUT2D eigenvalue weighted by molar-refractivity contribution is 0.0919. The normalized spacial score (nSPS) is 12.8. The molecule has 0 aliphatic carbocycles. The number of halogens is 2. The number of rotatable bonds is 5. The van der Waals surface area contributed by atoms with E-state index < -0.39 is 17.4 Å². The van der Waals surface area contributed by atoms with Gasteiger partial charge in [-0.1, -0.05) is 6.92 Å². The van der Waals surface area contributed by atoms with Gasteiger partial charge >= 0.3 is 0 Å². The first-order valence-corrected chi connectivity index (χ1v) is 5.64. The van der Waals surface area contributed by atoms with Gasteiger partial charge in [-0.05, 0) is 38.6 Å². The summed E-state index contributed by atoms with van der Waals surface area (Å²) in [5.74, 6) is -1.67. The first-order chi connectivity index (χ1) is 7.95. The number of carbonyl (C=O) groups is 1. The summed E-state index contributed by atoms with van der Waals surface area (Å²) in [6.07, 6.45) is 0.898. The Balaban J connectivity index is 2.79. The molecule has 0 aliphatic heterocycles. The van der Waals surface area contributed by atoms with Crippen molar-refractivity contribution in [1.82, 2.24) is 4.90 Å². The van der Waals surface area contributed by atoms with E-state index >= 15 is 0 Å². The third-order valence-electron chi connectivity index (χ3n) is 2.97. The molecule has 0 radical (unpaired) electrons. The van der Waals surface area contributed by atoms with Gasteiger partial charge in [-0.15, -0.1) is 0 Å². The summed E-state index contributed by atoms with van der Waals surface area (Å²) in [6.45, 7) is 4.08. The monoisotopic (exact) mass is 241 g/mol. The van der Waals surface area contributed by atoms with Gasteiger partial charge in [0, 0.05) is 6.04 Å². The third-order valence-corrected chi connectivity index (χ3v) is 2.97. The van der Waals surface area contributed by atoms with Gasteiger partial charge in [0.25, 0.3) is 0 Å². The molecule has 0 bridgehead atoms. The molecular weight excluding hydrogens is 224 g/mol. The van der Waals surface area contributed by atoms with Crippen LogP contribution in [0.1, 0.15) is 30.6 Å². The molecule has 2 nitrogen and oxygen atoms in total. The number of likely N-dealkylation sites (N-methyl/N-ethyl adjacent to an activating group) is 1. The molecule has 1 aromatic carbocycles. The molecule has 0 saturated carbocycles. The summed E-state index contributed by atoms with van der Waals surface area (Å²) in [6, 6.07) is 3.16. The number of hydrogen-bond acceptors (Lipinski definition) is 2. The predicted octanol–water partition coefficient (Wildman–Crippen LogP) is 2.88. The molecule has 1 aromatic rings. The highest BCUT2D eigenvalue weighted by Gasteiger charge is 2.16. The molecule has 94 valence electrons. The molecule has 0 heterocycles. The van der Waals surface area contributed by atoms with Crippen molar-refractivity contribution in [1.29, 1.82) is 0 Å². The topological polar surface area (TPSA) is 20.3 Å². The fourth-order valence-electron chi connectivity index (χ4n) is 1.49. The fraction of sp³-hybridized carbons (Fsp3) is 0.462. The van der Waals surface area contributed by atoms with Crippen LogP contribution in [0, 0.1) is 11.6 Å². The second-order valence-electron chi connectivity index (χ2n) is 4.22. The maximum Gasteiger partial charge on any atom is 0.179 e. The molecular formula is C13H17F2NO. The predicted molar refractivity (Wildman–Crippen MR) is 63.1 cm³/mol. The summed E-state index contributed by atoms with van der Waals surface area (Å²) in [4.78, 5) is 13.6. The number of hydrogen-bond donors (Lipinski definition) is 0. The average molecular weight is 241 g/mol. The molecule has 1 rings (SSSR count). The largest absolute Gasteiger partial charge is 0.296 e. The van der Waals surface area contributed by atoms with Gasteiger partial charge in [-0.3, -0.25) is 9.69 Å². The first kappa shape index (κ1) is 13.8. The number of carbonyl (C=O) groups excluding carboxylic acids is 1. The lowest BCUT2D eigenvalue weighted by atomic mass is 10.1. The van der Waals surface area contributed by atoms with Crippen LogP contribution in [-0.4, -0.2) is 30.3 Å². The first-order valence-electron chi connectivity index (χ1n) is 5.64. The highest BCUT2D eigenvalue weighted by atomic mass is 19.1. The molecule has 0 saturated heterocycles. The van der Waals surface area contributed by atoms with Crippen LogP contribution in [-0.2, 0) is 0 Å². The van der Waals surface area contributed by atoms with E-state index in [0.29, 0.717) is 0 Å². The summed E-state index contributed by atoms with van der Waals surface area (Å²) >= 11 is 0. The summed E-state index contributed by atoms with van der Waals surface area (Å²) in [5, 5.41) is 0. The summed E-state index contributed by atoms with van der Waals surface area (Å²) in [7, 11) is 1.79. The molecule has 1 atom stereocenters. The molecule has 0 spiro atoms. The van der Waals surface area contributed by atoms with Crippen LogP contribution in [0.3, 0.4) is 0 Å². The highest BCUT2D eigenvalue weighted by molar-refractivity contribution is 5.97. The molecule has 0 N–H and O–H groups in total. The van der Waals surface area contributed by atoms with Gasteiger partial charge in [-0.25, -0.2) is 8.78 Å². The van der Waals surface area contributed by atoms with Crippen molar-refractivity contribution in [2.24, 2.45) is 0 Å². The van der Waals surface area contributed by atoms with Gasteiger partial charge in [0.1, 0.15) is 11.6 Å². The zero-order valence-electron chi connectivity index (χ0n) is 10.3. The second kappa shape index (κ2) is 5.87. The van der Waals surface area contributed by atoms with E-state index in [2.05, 4.69) is 0 Å². The lowest BCUT2D eigenvalue weighted by Gasteiger charge is -2.22. The molecule has 17 heavy (non-hydrogen) atoms. The number of ketones is 1. The van der Waals surface area contributed by atoms with E-state index in [1.807, 2.05) is 18.7 Å². The van der Waals surface area contributed by atoms with Gasteiger partial charge in [0.2, 0.25) is 0 Å². The van der Waals surface area contributed by atoms with Crippen LogP contribution in [0.4, 0.5) is 8.78 Å². The van der Waals surface area contributed by atoms with E-state index in [1.165, 1.54) is 0 Å². The molecule has 4 heteroatoms. The standard InChI is InChI=1S/C13H17F2NO/c1-4-9(2)16(3)8-13(17)11-7-10(14)5-6-12(11)15/h5-7,9H,4,8H2,1-3H3. The van der Waals surface area contributed by atoms with E-state index in [4.69, 9.17) is 0 Å².